The van der Waals surface area contributed by atoms with Gasteiger partial charge < -0.3 is 0 Å². The smallest absolute Gasteiger partial charge is 0.164 e. The van der Waals surface area contributed by atoms with E-state index in [9.17, 15) is 0 Å². The molecule has 0 amide bonds. The molecule has 9 nitrogen and oxygen atoms in total. The van der Waals surface area contributed by atoms with Crippen LogP contribution in [0.1, 0.15) is 0 Å². The number of rotatable bonds is 12. The van der Waals surface area contributed by atoms with E-state index in [0.29, 0.717) is 52.4 Å². The van der Waals surface area contributed by atoms with Gasteiger partial charge in [0.1, 0.15) is 0 Å². The van der Waals surface area contributed by atoms with Crippen molar-refractivity contribution in [2.24, 2.45) is 0 Å². The second-order valence-electron chi connectivity index (χ2n) is 31.4. The summed E-state index contributed by atoms with van der Waals surface area (Å²) in [6, 6.07) is 150. The number of hydrogen-bond acceptors (Lipinski definition) is 12. The van der Waals surface area contributed by atoms with Crippen molar-refractivity contribution in [1.29, 1.82) is 0 Å². The zero-order chi connectivity index (χ0) is 84.1. The van der Waals surface area contributed by atoms with Gasteiger partial charge in [-0.25, -0.2) is 44.9 Å². The van der Waals surface area contributed by atoms with Gasteiger partial charge in [-0.15, -0.1) is 34.0 Å². The second kappa shape index (κ2) is 33.0. The van der Waals surface area contributed by atoms with Crippen LogP contribution in [0.15, 0.2) is 431 Å². The molecule has 0 atom stereocenters. The Bertz CT molecular complexity index is 8310. The molecule has 0 fully saturated rings. The highest BCUT2D eigenvalue weighted by Gasteiger charge is 2.22. The largest absolute Gasteiger partial charge is 0.208 e. The number of hydrogen-bond donors (Lipinski definition) is 0. The molecule has 6 heterocycles. The lowest BCUT2D eigenvalue weighted by Crippen LogP contribution is -2.00. The van der Waals surface area contributed by atoms with Crippen molar-refractivity contribution >= 4 is 138 Å². The van der Waals surface area contributed by atoms with E-state index in [4.69, 9.17) is 44.9 Å². The molecule has 594 valence electrons. The molecule has 0 aliphatic carbocycles. The summed E-state index contributed by atoms with van der Waals surface area (Å²) in [4.78, 5) is 44.4. The molecule has 0 aliphatic rings. The maximum atomic E-state index is 5.01. The monoisotopic (exact) mass is 1670 g/mol. The molecule has 0 unspecified atom stereocenters. The molecule has 25 aromatic rings. The van der Waals surface area contributed by atoms with Crippen LogP contribution in [-0.2, 0) is 0 Å². The summed E-state index contributed by atoms with van der Waals surface area (Å²) >= 11 is 5.57. The van der Waals surface area contributed by atoms with Gasteiger partial charge in [-0.2, -0.15) is 0 Å². The maximum absolute atomic E-state index is 5.01. The third-order valence-corrected chi connectivity index (χ3v) is 27.3. The molecule has 0 saturated carbocycles. The van der Waals surface area contributed by atoms with Gasteiger partial charge in [-0.05, 0) is 102 Å². The topological polar surface area (TPSA) is 116 Å². The normalized spacial score (nSPS) is 11.5. The van der Waals surface area contributed by atoms with Gasteiger partial charge in [0.05, 0.1) is 0 Å². The molecule has 12 heteroatoms. The summed E-state index contributed by atoms with van der Waals surface area (Å²) in [6.07, 6.45) is 0. The molecule has 0 spiro atoms. The van der Waals surface area contributed by atoms with Crippen molar-refractivity contribution in [3.05, 3.63) is 431 Å². The van der Waals surface area contributed by atoms with Crippen molar-refractivity contribution in [1.82, 2.24) is 44.9 Å². The summed E-state index contributed by atoms with van der Waals surface area (Å²) in [6.45, 7) is 0. The Labute approximate surface area is 743 Å². The van der Waals surface area contributed by atoms with E-state index in [1.807, 2.05) is 216 Å². The van der Waals surface area contributed by atoms with Gasteiger partial charge in [0.25, 0.3) is 0 Å². The molecular weight excluding hydrogens is 1600 g/mol. The molecule has 0 bridgehead atoms. The van der Waals surface area contributed by atoms with Gasteiger partial charge in [0, 0.05) is 121 Å². The van der Waals surface area contributed by atoms with E-state index >= 15 is 0 Å². The fraction of sp³-hybridized carbons (Fsp3) is 0. The van der Waals surface area contributed by atoms with Gasteiger partial charge >= 0.3 is 0 Å². The molecule has 19 aromatic carbocycles. The van der Waals surface area contributed by atoms with Gasteiger partial charge in [0.15, 0.2) is 52.4 Å². The van der Waals surface area contributed by atoms with Gasteiger partial charge in [-0.1, -0.05) is 394 Å². The molecule has 25 rings (SSSR count). The average Bonchev–Trinajstić information content (AvgIpc) is 1.73. The van der Waals surface area contributed by atoms with Crippen molar-refractivity contribution in [2.75, 3.05) is 0 Å². The highest BCUT2D eigenvalue weighted by Crippen LogP contribution is 2.47. The second-order valence-corrected chi connectivity index (χ2v) is 34.5. The fourth-order valence-corrected chi connectivity index (χ4v) is 21.1. The Morgan fingerprint density at radius 3 is 0.945 bits per heavy atom. The minimum absolute atomic E-state index is 0.667. The lowest BCUT2D eigenvalue weighted by atomic mass is 9.96. The van der Waals surface area contributed by atoms with Crippen LogP contribution in [0.3, 0.4) is 0 Å². The third-order valence-electron chi connectivity index (χ3n) is 23.6. The quantitative estimate of drug-likeness (QED) is 0.118. The van der Waals surface area contributed by atoms with Crippen molar-refractivity contribution in [2.45, 2.75) is 0 Å². The number of thiophene rings is 3. The molecule has 6 aromatic heterocycles. The zero-order valence-corrected chi connectivity index (χ0v) is 70.7. The van der Waals surface area contributed by atoms with E-state index in [2.05, 4.69) is 249 Å². The van der Waals surface area contributed by atoms with Crippen LogP contribution in [0.2, 0.25) is 0 Å². The Hall–Kier alpha value is -16.1. The van der Waals surface area contributed by atoms with Crippen molar-refractivity contribution in [3.63, 3.8) is 0 Å². The molecular formula is C115H71N9S3. The van der Waals surface area contributed by atoms with E-state index in [1.54, 1.807) is 0 Å². The van der Waals surface area contributed by atoms with E-state index < -0.39 is 0 Å². The first kappa shape index (κ1) is 75.8. The number of aromatic nitrogens is 9. The highest BCUT2D eigenvalue weighted by atomic mass is 32.1. The zero-order valence-electron chi connectivity index (χ0n) is 68.2. The van der Waals surface area contributed by atoms with Gasteiger partial charge in [-0.3, -0.25) is 0 Å². The SMILES string of the molecule is c1ccc(-c2ccc3sc4c5ccc(-c6nc(-c7ccccc7)nc(-c7ccccc7)n6)cc5ccc4c3c2)cc1.c1ccc(-c2nc(-c3ccccc3)nc(-c3ccc4ccc5c6cc(-c7cccc8ccccc78)ccc6sc5c4c3)n2)cc1.c1ccc(-c2nc(-c3ccccc3)nc(-c3cccc4c3ccc3c5cccc(-c6ccccc6)c5sc43)n2)cc1. The summed E-state index contributed by atoms with van der Waals surface area (Å²) in [5, 5.41) is 17.4. The fourth-order valence-electron chi connectivity index (χ4n) is 17.3. The predicted octanol–water partition coefficient (Wildman–Crippen LogP) is 31.3. The van der Waals surface area contributed by atoms with Crippen LogP contribution in [0, 0.1) is 0 Å². The lowest BCUT2D eigenvalue weighted by molar-refractivity contribution is 1.07. The Morgan fingerprint density at radius 2 is 0.425 bits per heavy atom. The Balaban J connectivity index is 0.000000109. The molecule has 0 saturated heterocycles. The maximum Gasteiger partial charge on any atom is 0.164 e. The molecule has 0 aliphatic heterocycles. The minimum atomic E-state index is 0.667. The number of fused-ring (bicyclic) bond motifs is 16. The van der Waals surface area contributed by atoms with Crippen LogP contribution in [0.4, 0.5) is 0 Å². The average molecular weight is 1680 g/mol. The summed E-state index contributed by atoms with van der Waals surface area (Å²) in [7, 11) is 0. The third kappa shape index (κ3) is 14.6. The van der Waals surface area contributed by atoms with Crippen LogP contribution in [0.5, 0.6) is 0 Å². The van der Waals surface area contributed by atoms with Crippen molar-refractivity contribution in [3.8, 4) is 136 Å². The number of nitrogens with zero attached hydrogens (tertiary/aromatic N) is 9. The highest BCUT2D eigenvalue weighted by molar-refractivity contribution is 7.28. The Morgan fingerprint density at radius 1 is 0.126 bits per heavy atom. The van der Waals surface area contributed by atoms with Crippen molar-refractivity contribution < 1.29 is 0 Å². The van der Waals surface area contributed by atoms with Crippen LogP contribution in [0.25, 0.3) is 239 Å². The van der Waals surface area contributed by atoms with Crippen LogP contribution >= 0.6 is 34.0 Å². The standard InChI is InChI=1S/C41H25N3S.2C37H23N3S/c1-3-11-28(12-4-1)39-42-40(29-13-5-2-6-14-29)44-41(43-39)31-19-18-27-20-22-34-36-24-30(21-23-37(36)45-38(34)35(27)25-31)33-17-9-15-26-10-7-8-16-32(26)33;1-4-12-24(13-5-1)27-18-10-20-30-31-23-22-28-29(34(31)41-33(27)30)19-11-21-32(28)37-39-35(25-14-6-2-7-15-25)38-36(40-37)26-16-8-3-9-17-26;1-4-10-24(11-5-1)27-18-21-33-32(23-27)31-20-16-28-22-29(17-19-30(28)34(31)41-33)37-39-35(25-12-6-2-7-13-25)38-36(40-37)26-14-8-3-9-15-26/h1-25H;2*1-23H. The molecule has 127 heavy (non-hydrogen) atoms. The van der Waals surface area contributed by atoms with E-state index in [-0.39, 0.29) is 0 Å². The first-order chi connectivity index (χ1) is 62.9. The first-order valence-electron chi connectivity index (χ1n) is 42.3. The first-order valence-corrected chi connectivity index (χ1v) is 44.7. The summed E-state index contributed by atoms with van der Waals surface area (Å²) < 4.78 is 7.76. The predicted molar refractivity (Wildman–Crippen MR) is 533 cm³/mol. The minimum Gasteiger partial charge on any atom is -0.208 e. The van der Waals surface area contributed by atoms with E-state index in [0.717, 1.165) is 55.5 Å². The Kier molecular flexibility index (Phi) is 19.7. The van der Waals surface area contributed by atoms with Crippen LogP contribution < -0.4 is 0 Å². The van der Waals surface area contributed by atoms with Gasteiger partial charge in [0.2, 0.25) is 0 Å². The van der Waals surface area contributed by atoms with Crippen LogP contribution in [-0.4, -0.2) is 44.9 Å². The molecule has 0 N–H and O–H groups in total. The van der Waals surface area contributed by atoms with E-state index in [1.165, 1.54) is 132 Å². The summed E-state index contributed by atoms with van der Waals surface area (Å²) in [5.41, 5.74) is 16.2. The molecule has 0 radical (unpaired) electrons. The lowest BCUT2D eigenvalue weighted by Gasteiger charge is -2.10. The number of benzene rings is 19. The summed E-state index contributed by atoms with van der Waals surface area (Å²) in [5.74, 6) is 6.02.